The number of hydrogen-bond donors (Lipinski definition) is 2. The monoisotopic (exact) mass is 371 g/mol. The van der Waals surface area contributed by atoms with Gasteiger partial charge >= 0.3 is 0 Å². The van der Waals surface area contributed by atoms with Gasteiger partial charge in [-0.2, -0.15) is 0 Å². The number of carbonyl (C=O) groups excluding carboxylic acids is 1. The van der Waals surface area contributed by atoms with Crippen LogP contribution in [0.15, 0.2) is 42.6 Å². The summed E-state index contributed by atoms with van der Waals surface area (Å²) >= 11 is 0. The number of hydrogen-bond acceptors (Lipinski definition) is 5. The molecule has 0 spiro atoms. The standard InChI is InChI=1S/C21H29N3O3/c1-21(2,3)20(25)24-12-11-22-14-16-13-18(26-4)8-9-19(16)27-15-17-7-5-6-10-23-17/h5-10,13,22H,11-12,14-15H2,1-4H3,(H,24,25). The average molecular weight is 371 g/mol. The first-order chi connectivity index (χ1) is 12.9. The van der Waals surface area contributed by atoms with Crippen molar-refractivity contribution in [2.24, 2.45) is 5.41 Å². The van der Waals surface area contributed by atoms with Crippen LogP contribution in [0.1, 0.15) is 32.0 Å². The van der Waals surface area contributed by atoms with Crippen molar-refractivity contribution in [1.82, 2.24) is 15.6 Å². The predicted octanol–water partition coefficient (Wildman–Crippen LogP) is 2.92. The van der Waals surface area contributed by atoms with E-state index < -0.39 is 0 Å². The Hall–Kier alpha value is -2.60. The highest BCUT2D eigenvalue weighted by molar-refractivity contribution is 5.81. The highest BCUT2D eigenvalue weighted by Crippen LogP contribution is 2.25. The number of pyridine rings is 1. The van der Waals surface area contributed by atoms with Crippen molar-refractivity contribution in [3.8, 4) is 11.5 Å². The minimum absolute atomic E-state index is 0.0464. The second-order valence-corrected chi connectivity index (χ2v) is 7.27. The second kappa shape index (κ2) is 9.92. The number of methoxy groups -OCH3 is 1. The Morgan fingerprint density at radius 2 is 1.96 bits per heavy atom. The van der Waals surface area contributed by atoms with Crippen molar-refractivity contribution in [2.45, 2.75) is 33.9 Å². The number of amides is 1. The molecule has 0 fully saturated rings. The maximum Gasteiger partial charge on any atom is 0.225 e. The van der Waals surface area contributed by atoms with Crippen molar-refractivity contribution in [3.05, 3.63) is 53.9 Å². The molecule has 0 saturated carbocycles. The van der Waals surface area contributed by atoms with Gasteiger partial charge < -0.3 is 20.1 Å². The molecule has 146 valence electrons. The highest BCUT2D eigenvalue weighted by atomic mass is 16.5. The van der Waals surface area contributed by atoms with Gasteiger partial charge in [-0.15, -0.1) is 0 Å². The summed E-state index contributed by atoms with van der Waals surface area (Å²) in [4.78, 5) is 16.1. The SMILES string of the molecule is COc1ccc(OCc2ccccn2)c(CNCCNC(=O)C(C)(C)C)c1. The topological polar surface area (TPSA) is 72.5 Å². The molecule has 1 heterocycles. The molecule has 0 radical (unpaired) electrons. The fourth-order valence-corrected chi connectivity index (χ4v) is 2.35. The minimum Gasteiger partial charge on any atom is -0.497 e. The molecule has 0 bridgehead atoms. The van der Waals surface area contributed by atoms with Crippen molar-refractivity contribution in [3.63, 3.8) is 0 Å². The molecule has 1 aromatic carbocycles. The summed E-state index contributed by atoms with van der Waals surface area (Å²) in [7, 11) is 1.64. The van der Waals surface area contributed by atoms with E-state index in [4.69, 9.17) is 9.47 Å². The average Bonchev–Trinajstić information content (AvgIpc) is 2.66. The summed E-state index contributed by atoms with van der Waals surface area (Å²) in [5, 5.41) is 6.26. The highest BCUT2D eigenvalue weighted by Gasteiger charge is 2.20. The number of nitrogens with one attached hydrogen (secondary N) is 2. The molecular weight excluding hydrogens is 342 g/mol. The molecule has 0 aliphatic heterocycles. The van der Waals surface area contributed by atoms with E-state index in [1.165, 1.54) is 0 Å². The Kier molecular flexibility index (Phi) is 7.61. The molecule has 2 aromatic rings. The maximum atomic E-state index is 11.9. The predicted molar refractivity (Wildman–Crippen MR) is 106 cm³/mol. The van der Waals surface area contributed by atoms with Gasteiger partial charge in [0.1, 0.15) is 18.1 Å². The van der Waals surface area contributed by atoms with Crippen LogP contribution in [-0.2, 0) is 17.9 Å². The van der Waals surface area contributed by atoms with Crippen LogP contribution in [0.25, 0.3) is 0 Å². The van der Waals surface area contributed by atoms with Gasteiger partial charge in [-0.3, -0.25) is 9.78 Å². The summed E-state index contributed by atoms with van der Waals surface area (Å²) in [5.74, 6) is 1.61. The van der Waals surface area contributed by atoms with Gasteiger partial charge in [-0.1, -0.05) is 26.8 Å². The zero-order valence-corrected chi connectivity index (χ0v) is 16.5. The molecule has 0 atom stereocenters. The van der Waals surface area contributed by atoms with Gasteiger partial charge in [0, 0.05) is 36.8 Å². The van der Waals surface area contributed by atoms with E-state index in [2.05, 4.69) is 15.6 Å². The van der Waals surface area contributed by atoms with Gasteiger partial charge in [-0.05, 0) is 30.3 Å². The molecule has 27 heavy (non-hydrogen) atoms. The summed E-state index contributed by atoms with van der Waals surface area (Å²) in [5.41, 5.74) is 1.49. The number of ether oxygens (including phenoxy) is 2. The lowest BCUT2D eigenvalue weighted by atomic mass is 9.96. The van der Waals surface area contributed by atoms with Gasteiger partial charge in [0.05, 0.1) is 12.8 Å². The molecule has 0 aliphatic rings. The van der Waals surface area contributed by atoms with E-state index in [9.17, 15) is 4.79 Å². The zero-order valence-electron chi connectivity index (χ0n) is 16.5. The Labute approximate surface area is 161 Å². The van der Waals surface area contributed by atoms with Crippen molar-refractivity contribution < 1.29 is 14.3 Å². The molecule has 1 aromatic heterocycles. The largest absolute Gasteiger partial charge is 0.497 e. The smallest absolute Gasteiger partial charge is 0.225 e. The lowest BCUT2D eigenvalue weighted by Crippen LogP contribution is -2.38. The van der Waals surface area contributed by atoms with Crippen LogP contribution < -0.4 is 20.1 Å². The van der Waals surface area contributed by atoms with Crippen LogP contribution in [-0.4, -0.2) is 31.1 Å². The van der Waals surface area contributed by atoms with E-state index in [1.807, 2.05) is 57.2 Å². The zero-order chi connectivity index (χ0) is 19.7. The van der Waals surface area contributed by atoms with Gasteiger partial charge in [-0.25, -0.2) is 0 Å². The molecular formula is C21H29N3O3. The van der Waals surface area contributed by atoms with E-state index in [0.717, 1.165) is 22.8 Å². The van der Waals surface area contributed by atoms with Crippen LogP contribution in [0.3, 0.4) is 0 Å². The Balaban J connectivity index is 1.89. The first-order valence-electron chi connectivity index (χ1n) is 9.09. The third-order valence-corrected chi connectivity index (χ3v) is 3.95. The van der Waals surface area contributed by atoms with E-state index in [1.54, 1.807) is 13.3 Å². The molecule has 2 rings (SSSR count). The number of rotatable bonds is 9. The van der Waals surface area contributed by atoms with Crippen LogP contribution in [0.5, 0.6) is 11.5 Å². The Morgan fingerprint density at radius 3 is 2.63 bits per heavy atom. The van der Waals surface area contributed by atoms with Crippen molar-refractivity contribution >= 4 is 5.91 Å². The number of carbonyl (C=O) groups is 1. The molecule has 0 unspecified atom stereocenters. The van der Waals surface area contributed by atoms with Crippen LogP contribution in [0.2, 0.25) is 0 Å². The summed E-state index contributed by atoms with van der Waals surface area (Å²) in [6.07, 6.45) is 1.75. The Morgan fingerprint density at radius 1 is 1.15 bits per heavy atom. The lowest BCUT2D eigenvalue weighted by molar-refractivity contribution is -0.128. The molecule has 0 saturated heterocycles. The quantitative estimate of drug-likeness (QED) is 0.663. The van der Waals surface area contributed by atoms with Crippen LogP contribution in [0, 0.1) is 5.41 Å². The summed E-state index contributed by atoms with van der Waals surface area (Å²) in [6, 6.07) is 11.5. The summed E-state index contributed by atoms with van der Waals surface area (Å²) < 4.78 is 11.3. The fraction of sp³-hybridized carbons (Fsp3) is 0.429. The molecule has 6 heteroatoms. The third kappa shape index (κ3) is 6.90. The van der Waals surface area contributed by atoms with Crippen molar-refractivity contribution in [2.75, 3.05) is 20.2 Å². The Bertz CT molecular complexity index is 727. The first-order valence-corrected chi connectivity index (χ1v) is 9.09. The van der Waals surface area contributed by atoms with Crippen LogP contribution in [0.4, 0.5) is 0 Å². The molecule has 0 aliphatic carbocycles. The summed E-state index contributed by atoms with van der Waals surface area (Å²) in [6.45, 7) is 7.95. The van der Waals surface area contributed by atoms with Crippen molar-refractivity contribution in [1.29, 1.82) is 0 Å². The minimum atomic E-state index is -0.376. The second-order valence-electron chi connectivity index (χ2n) is 7.27. The molecule has 6 nitrogen and oxygen atoms in total. The maximum absolute atomic E-state index is 11.9. The van der Waals surface area contributed by atoms with Gasteiger partial charge in [0.15, 0.2) is 0 Å². The van der Waals surface area contributed by atoms with E-state index in [-0.39, 0.29) is 11.3 Å². The normalized spacial score (nSPS) is 11.1. The third-order valence-electron chi connectivity index (χ3n) is 3.95. The van der Waals surface area contributed by atoms with E-state index in [0.29, 0.717) is 26.2 Å². The first kappa shape index (κ1) is 20.7. The number of benzene rings is 1. The van der Waals surface area contributed by atoms with Gasteiger partial charge in [0.25, 0.3) is 0 Å². The molecule has 1 amide bonds. The van der Waals surface area contributed by atoms with Crippen LogP contribution >= 0.6 is 0 Å². The number of nitrogens with zero attached hydrogens (tertiary/aromatic N) is 1. The fourth-order valence-electron chi connectivity index (χ4n) is 2.35. The molecule has 2 N–H and O–H groups in total. The van der Waals surface area contributed by atoms with E-state index >= 15 is 0 Å². The number of aromatic nitrogens is 1. The van der Waals surface area contributed by atoms with Gasteiger partial charge in [0.2, 0.25) is 5.91 Å². The lowest BCUT2D eigenvalue weighted by Gasteiger charge is -2.18.